The number of rotatable bonds is 3. The standard InChI is InChI=1S/C19H21N3O2/c1-19(2,3)24-18(23)14-6-9-17-16(10-14)21-12-22(17)15-7-4-13(11-20)5-8-15/h4-10,12H,11,20H2,1-3H3. The van der Waals surface area contributed by atoms with Crippen LogP contribution >= 0.6 is 0 Å². The molecule has 1 heterocycles. The molecule has 5 nitrogen and oxygen atoms in total. The molecule has 1 aromatic heterocycles. The van der Waals surface area contributed by atoms with E-state index in [4.69, 9.17) is 10.5 Å². The van der Waals surface area contributed by atoms with Crippen LogP contribution in [-0.4, -0.2) is 21.1 Å². The van der Waals surface area contributed by atoms with Gasteiger partial charge in [0.25, 0.3) is 0 Å². The maximum absolute atomic E-state index is 12.2. The maximum Gasteiger partial charge on any atom is 0.338 e. The van der Waals surface area contributed by atoms with Crippen LogP contribution < -0.4 is 5.73 Å². The summed E-state index contributed by atoms with van der Waals surface area (Å²) in [5.41, 5.74) is 9.38. The Labute approximate surface area is 141 Å². The van der Waals surface area contributed by atoms with Gasteiger partial charge >= 0.3 is 5.97 Å². The van der Waals surface area contributed by atoms with Gasteiger partial charge in [0.1, 0.15) is 11.9 Å². The fourth-order valence-corrected chi connectivity index (χ4v) is 2.48. The monoisotopic (exact) mass is 323 g/mol. The number of hydrogen-bond donors (Lipinski definition) is 1. The summed E-state index contributed by atoms with van der Waals surface area (Å²) in [6, 6.07) is 13.4. The molecule has 0 bridgehead atoms. The highest BCUT2D eigenvalue weighted by atomic mass is 16.6. The largest absolute Gasteiger partial charge is 0.456 e. The fourth-order valence-electron chi connectivity index (χ4n) is 2.48. The summed E-state index contributed by atoms with van der Waals surface area (Å²) in [6.07, 6.45) is 1.75. The van der Waals surface area contributed by atoms with Crippen LogP contribution in [0.4, 0.5) is 0 Å². The first-order valence-electron chi connectivity index (χ1n) is 7.87. The van der Waals surface area contributed by atoms with Crippen LogP contribution in [-0.2, 0) is 11.3 Å². The molecule has 0 unspecified atom stereocenters. The van der Waals surface area contributed by atoms with E-state index in [0.29, 0.717) is 12.1 Å². The number of nitrogens with zero attached hydrogens (tertiary/aromatic N) is 2. The van der Waals surface area contributed by atoms with Crippen LogP contribution in [0.5, 0.6) is 0 Å². The molecule has 2 aromatic carbocycles. The van der Waals surface area contributed by atoms with Crippen LogP contribution in [0.15, 0.2) is 48.8 Å². The molecule has 5 heteroatoms. The third kappa shape index (κ3) is 3.31. The van der Waals surface area contributed by atoms with Crippen molar-refractivity contribution in [2.45, 2.75) is 32.9 Å². The molecule has 0 aliphatic heterocycles. The van der Waals surface area contributed by atoms with Crippen LogP contribution in [0.2, 0.25) is 0 Å². The molecule has 3 rings (SSSR count). The van der Waals surface area contributed by atoms with E-state index < -0.39 is 5.60 Å². The van der Waals surface area contributed by atoms with Gasteiger partial charge in [0, 0.05) is 12.2 Å². The molecule has 0 atom stereocenters. The quantitative estimate of drug-likeness (QED) is 0.750. The van der Waals surface area contributed by atoms with Crippen molar-refractivity contribution in [3.05, 3.63) is 59.9 Å². The molecule has 0 amide bonds. The van der Waals surface area contributed by atoms with E-state index in [-0.39, 0.29) is 5.97 Å². The minimum Gasteiger partial charge on any atom is -0.456 e. The minimum atomic E-state index is -0.518. The summed E-state index contributed by atoms with van der Waals surface area (Å²) in [7, 11) is 0. The van der Waals surface area contributed by atoms with E-state index in [1.807, 2.05) is 55.7 Å². The first-order valence-corrected chi connectivity index (χ1v) is 7.87. The Hall–Kier alpha value is -2.66. The van der Waals surface area contributed by atoms with Gasteiger partial charge in [-0.15, -0.1) is 0 Å². The van der Waals surface area contributed by atoms with Crippen molar-refractivity contribution >= 4 is 17.0 Å². The number of nitrogens with two attached hydrogens (primary N) is 1. The number of esters is 1. The summed E-state index contributed by atoms with van der Waals surface area (Å²) in [6.45, 7) is 6.07. The van der Waals surface area contributed by atoms with Crippen molar-refractivity contribution in [1.29, 1.82) is 0 Å². The highest BCUT2D eigenvalue weighted by Gasteiger charge is 2.18. The van der Waals surface area contributed by atoms with Crippen LogP contribution in [0.1, 0.15) is 36.7 Å². The highest BCUT2D eigenvalue weighted by Crippen LogP contribution is 2.21. The van der Waals surface area contributed by atoms with Crippen LogP contribution in [0.25, 0.3) is 16.7 Å². The zero-order chi connectivity index (χ0) is 17.3. The Morgan fingerprint density at radius 3 is 2.50 bits per heavy atom. The Balaban J connectivity index is 1.94. The summed E-state index contributed by atoms with van der Waals surface area (Å²) < 4.78 is 7.38. The molecule has 2 N–H and O–H groups in total. The second kappa shape index (κ2) is 6.09. The lowest BCUT2D eigenvalue weighted by Crippen LogP contribution is -2.23. The van der Waals surface area contributed by atoms with Gasteiger partial charge in [0.15, 0.2) is 0 Å². The van der Waals surface area contributed by atoms with Crippen molar-refractivity contribution in [2.75, 3.05) is 0 Å². The number of hydrogen-bond acceptors (Lipinski definition) is 4. The van der Waals surface area contributed by atoms with Gasteiger partial charge in [-0.3, -0.25) is 4.57 Å². The van der Waals surface area contributed by atoms with E-state index in [2.05, 4.69) is 4.98 Å². The summed E-state index contributed by atoms with van der Waals surface area (Å²) in [5, 5.41) is 0. The van der Waals surface area contributed by atoms with Gasteiger partial charge in [-0.2, -0.15) is 0 Å². The second-order valence-corrected chi connectivity index (χ2v) is 6.69. The smallest absolute Gasteiger partial charge is 0.338 e. The zero-order valence-electron chi connectivity index (χ0n) is 14.1. The van der Waals surface area contributed by atoms with E-state index in [9.17, 15) is 4.79 Å². The van der Waals surface area contributed by atoms with Crippen LogP contribution in [0.3, 0.4) is 0 Å². The third-order valence-corrected chi connectivity index (χ3v) is 3.63. The number of aromatic nitrogens is 2. The lowest BCUT2D eigenvalue weighted by molar-refractivity contribution is 0.00697. The molecule has 3 aromatic rings. The number of imidazole rings is 1. The van der Waals surface area contributed by atoms with E-state index in [1.54, 1.807) is 18.5 Å². The average Bonchev–Trinajstić information content (AvgIpc) is 2.96. The first kappa shape index (κ1) is 16.2. The Morgan fingerprint density at radius 1 is 1.17 bits per heavy atom. The molecule has 0 saturated carbocycles. The number of carbonyl (C=O) groups excluding carboxylic acids is 1. The van der Waals surface area contributed by atoms with Gasteiger partial charge in [-0.1, -0.05) is 12.1 Å². The van der Waals surface area contributed by atoms with Crippen LogP contribution in [0, 0.1) is 0 Å². The summed E-state index contributed by atoms with van der Waals surface area (Å²) >= 11 is 0. The number of carbonyl (C=O) groups is 1. The minimum absolute atomic E-state index is 0.341. The summed E-state index contributed by atoms with van der Waals surface area (Å²) in [5.74, 6) is -0.341. The number of fused-ring (bicyclic) bond motifs is 1. The molecular formula is C19H21N3O2. The lowest BCUT2D eigenvalue weighted by Gasteiger charge is -2.19. The van der Waals surface area contributed by atoms with E-state index >= 15 is 0 Å². The summed E-state index contributed by atoms with van der Waals surface area (Å²) in [4.78, 5) is 16.6. The van der Waals surface area contributed by atoms with Gasteiger partial charge in [-0.05, 0) is 56.7 Å². The molecular weight excluding hydrogens is 302 g/mol. The Bertz CT molecular complexity index is 874. The predicted molar refractivity (Wildman–Crippen MR) is 94.1 cm³/mol. The normalized spacial score (nSPS) is 11.7. The predicted octanol–water partition coefficient (Wildman–Crippen LogP) is 3.44. The molecule has 0 saturated heterocycles. The maximum atomic E-state index is 12.2. The topological polar surface area (TPSA) is 70.1 Å². The highest BCUT2D eigenvalue weighted by molar-refractivity contribution is 5.94. The van der Waals surface area contributed by atoms with Crippen molar-refractivity contribution in [2.24, 2.45) is 5.73 Å². The number of ether oxygens (including phenoxy) is 1. The van der Waals surface area contributed by atoms with E-state index in [1.165, 1.54) is 0 Å². The number of benzene rings is 2. The average molecular weight is 323 g/mol. The molecule has 124 valence electrons. The van der Waals surface area contributed by atoms with Gasteiger partial charge in [0.2, 0.25) is 0 Å². The third-order valence-electron chi connectivity index (χ3n) is 3.63. The molecule has 0 aliphatic carbocycles. The van der Waals surface area contributed by atoms with Crippen molar-refractivity contribution < 1.29 is 9.53 Å². The zero-order valence-corrected chi connectivity index (χ0v) is 14.1. The first-order chi connectivity index (χ1) is 11.4. The van der Waals surface area contributed by atoms with Crippen molar-refractivity contribution in [3.8, 4) is 5.69 Å². The SMILES string of the molecule is CC(C)(C)OC(=O)c1ccc2c(c1)ncn2-c1ccc(CN)cc1. The van der Waals surface area contributed by atoms with E-state index in [0.717, 1.165) is 22.3 Å². The van der Waals surface area contributed by atoms with Gasteiger partial charge in [-0.25, -0.2) is 9.78 Å². The van der Waals surface area contributed by atoms with Gasteiger partial charge < -0.3 is 10.5 Å². The molecule has 0 fully saturated rings. The molecule has 24 heavy (non-hydrogen) atoms. The lowest BCUT2D eigenvalue weighted by atomic mass is 10.1. The van der Waals surface area contributed by atoms with Gasteiger partial charge in [0.05, 0.1) is 16.6 Å². The fraction of sp³-hybridized carbons (Fsp3) is 0.263. The van der Waals surface area contributed by atoms with Crippen molar-refractivity contribution in [3.63, 3.8) is 0 Å². The molecule has 0 radical (unpaired) electrons. The Morgan fingerprint density at radius 2 is 1.88 bits per heavy atom. The molecule has 0 aliphatic rings. The second-order valence-electron chi connectivity index (χ2n) is 6.69. The van der Waals surface area contributed by atoms with Crippen molar-refractivity contribution in [1.82, 2.24) is 9.55 Å². The molecule has 0 spiro atoms. The Kier molecular flexibility index (Phi) is 4.11.